The third kappa shape index (κ3) is 5.01. The van der Waals surface area contributed by atoms with Gasteiger partial charge in [-0.3, -0.25) is 0 Å². The highest BCUT2D eigenvalue weighted by atomic mass is 32.2. The molecule has 1 aliphatic rings. The Kier molecular flexibility index (Phi) is 7.08. The quantitative estimate of drug-likeness (QED) is 0.743. The summed E-state index contributed by atoms with van der Waals surface area (Å²) in [5, 5.41) is 3.74. The van der Waals surface area contributed by atoms with E-state index in [0.717, 1.165) is 6.54 Å². The molecule has 21 heavy (non-hydrogen) atoms. The molecule has 0 saturated heterocycles. The van der Waals surface area contributed by atoms with Gasteiger partial charge in [0.05, 0.1) is 0 Å². The third-order valence-corrected chi connectivity index (χ3v) is 5.77. The van der Waals surface area contributed by atoms with Crippen LogP contribution in [-0.2, 0) is 0 Å². The molecular formula is C18H30N2S. The van der Waals surface area contributed by atoms with E-state index >= 15 is 0 Å². The fourth-order valence-corrected chi connectivity index (χ4v) is 4.26. The molecule has 2 atom stereocenters. The summed E-state index contributed by atoms with van der Waals surface area (Å²) in [4.78, 5) is 4.00. The van der Waals surface area contributed by atoms with Crippen molar-refractivity contribution in [1.82, 2.24) is 10.2 Å². The van der Waals surface area contributed by atoms with Crippen LogP contribution in [0.1, 0.15) is 45.1 Å². The van der Waals surface area contributed by atoms with Crippen molar-refractivity contribution in [3.63, 3.8) is 0 Å². The Morgan fingerprint density at radius 2 is 2.05 bits per heavy atom. The highest BCUT2D eigenvalue weighted by Gasteiger charge is 2.22. The van der Waals surface area contributed by atoms with Crippen LogP contribution >= 0.6 is 11.8 Å². The van der Waals surface area contributed by atoms with Gasteiger partial charge in [-0.1, -0.05) is 32.0 Å². The molecule has 2 nitrogen and oxygen atoms in total. The molecular weight excluding hydrogens is 276 g/mol. The van der Waals surface area contributed by atoms with Crippen molar-refractivity contribution in [2.45, 2.75) is 50.5 Å². The second kappa shape index (κ2) is 8.82. The molecule has 2 unspecified atom stereocenters. The number of nitrogens with zero attached hydrogens (tertiary/aromatic N) is 1. The maximum absolute atomic E-state index is 3.74. The first-order valence-electron chi connectivity index (χ1n) is 8.42. The summed E-state index contributed by atoms with van der Waals surface area (Å²) in [6.07, 6.45) is 2.57. The highest BCUT2D eigenvalue weighted by Crippen LogP contribution is 2.38. The molecule has 1 aliphatic heterocycles. The van der Waals surface area contributed by atoms with Gasteiger partial charge < -0.3 is 10.2 Å². The first-order valence-corrected chi connectivity index (χ1v) is 9.40. The van der Waals surface area contributed by atoms with Crippen LogP contribution in [0.2, 0.25) is 0 Å². The molecule has 1 N–H and O–H groups in total. The van der Waals surface area contributed by atoms with Crippen molar-refractivity contribution in [2.24, 2.45) is 0 Å². The van der Waals surface area contributed by atoms with Gasteiger partial charge in [-0.2, -0.15) is 0 Å². The van der Waals surface area contributed by atoms with E-state index in [9.17, 15) is 0 Å². The van der Waals surface area contributed by atoms with Gasteiger partial charge in [0.25, 0.3) is 0 Å². The minimum absolute atomic E-state index is 0.623. The van der Waals surface area contributed by atoms with Crippen LogP contribution in [0.25, 0.3) is 0 Å². The van der Waals surface area contributed by atoms with Crippen LogP contribution < -0.4 is 5.32 Å². The van der Waals surface area contributed by atoms with E-state index in [0.29, 0.717) is 12.0 Å². The Labute approximate surface area is 134 Å². The summed E-state index contributed by atoms with van der Waals surface area (Å²) < 4.78 is 0. The number of hydrogen-bond donors (Lipinski definition) is 1. The Balaban J connectivity index is 1.67. The molecule has 0 bridgehead atoms. The standard InChI is InChI=1S/C18H30N2S/c1-4-20(5-2)12-8-9-15(3)19-13-16-14-21-18-11-7-6-10-17(16)18/h6-7,10-11,15-16,19H,4-5,8-9,12-14H2,1-3H3. The molecule has 0 amide bonds. The van der Waals surface area contributed by atoms with Crippen LogP contribution in [0.15, 0.2) is 29.2 Å². The van der Waals surface area contributed by atoms with Gasteiger partial charge in [0, 0.05) is 29.2 Å². The molecule has 1 aromatic rings. The maximum atomic E-state index is 3.74. The summed E-state index contributed by atoms with van der Waals surface area (Å²) in [5.74, 6) is 1.93. The minimum atomic E-state index is 0.623. The zero-order valence-electron chi connectivity index (χ0n) is 13.8. The lowest BCUT2D eigenvalue weighted by atomic mass is 10.0. The lowest BCUT2D eigenvalue weighted by Crippen LogP contribution is -2.32. The average molecular weight is 307 g/mol. The first-order chi connectivity index (χ1) is 10.2. The molecule has 118 valence electrons. The zero-order chi connectivity index (χ0) is 15.1. The van der Waals surface area contributed by atoms with Crippen molar-refractivity contribution in [3.8, 4) is 0 Å². The van der Waals surface area contributed by atoms with Crippen LogP contribution in [0.4, 0.5) is 0 Å². The van der Waals surface area contributed by atoms with E-state index in [1.165, 1.54) is 43.1 Å². The summed E-state index contributed by atoms with van der Waals surface area (Å²) >= 11 is 2.01. The van der Waals surface area contributed by atoms with Gasteiger partial charge in [-0.05, 0) is 51.0 Å². The van der Waals surface area contributed by atoms with E-state index in [4.69, 9.17) is 0 Å². The number of hydrogen-bond acceptors (Lipinski definition) is 3. The van der Waals surface area contributed by atoms with Crippen LogP contribution in [0, 0.1) is 0 Å². The molecule has 0 saturated carbocycles. The molecule has 0 aliphatic carbocycles. The van der Waals surface area contributed by atoms with Crippen LogP contribution in [0.3, 0.4) is 0 Å². The van der Waals surface area contributed by atoms with E-state index in [1.54, 1.807) is 5.56 Å². The number of thioether (sulfide) groups is 1. The van der Waals surface area contributed by atoms with E-state index < -0.39 is 0 Å². The van der Waals surface area contributed by atoms with Gasteiger partial charge in [-0.25, -0.2) is 0 Å². The molecule has 0 radical (unpaired) electrons. The van der Waals surface area contributed by atoms with Crippen molar-refractivity contribution in [2.75, 3.05) is 31.9 Å². The zero-order valence-corrected chi connectivity index (χ0v) is 14.6. The smallest absolute Gasteiger partial charge is 0.0108 e. The Hall–Kier alpha value is -0.510. The predicted octanol–water partition coefficient (Wildman–Crippen LogP) is 3.98. The second-order valence-electron chi connectivity index (χ2n) is 6.02. The molecule has 3 heteroatoms. The van der Waals surface area contributed by atoms with Crippen molar-refractivity contribution in [1.29, 1.82) is 0 Å². The fraction of sp³-hybridized carbons (Fsp3) is 0.667. The fourth-order valence-electron chi connectivity index (χ4n) is 3.00. The maximum Gasteiger partial charge on any atom is 0.0108 e. The number of nitrogens with one attached hydrogen (secondary N) is 1. The van der Waals surface area contributed by atoms with Crippen molar-refractivity contribution in [3.05, 3.63) is 29.8 Å². The number of benzene rings is 1. The van der Waals surface area contributed by atoms with Gasteiger partial charge >= 0.3 is 0 Å². The van der Waals surface area contributed by atoms with E-state index in [1.807, 2.05) is 11.8 Å². The molecule has 1 aromatic carbocycles. The number of fused-ring (bicyclic) bond motifs is 1. The predicted molar refractivity (Wildman–Crippen MR) is 94.4 cm³/mol. The highest BCUT2D eigenvalue weighted by molar-refractivity contribution is 7.99. The SMILES string of the molecule is CCN(CC)CCCC(C)NCC1CSc2ccccc21. The molecule has 0 aromatic heterocycles. The topological polar surface area (TPSA) is 15.3 Å². The Bertz CT molecular complexity index is 417. The minimum Gasteiger partial charge on any atom is -0.314 e. The summed E-state index contributed by atoms with van der Waals surface area (Å²) in [7, 11) is 0. The summed E-state index contributed by atoms with van der Waals surface area (Å²) in [5.41, 5.74) is 1.55. The Morgan fingerprint density at radius 3 is 2.81 bits per heavy atom. The first kappa shape index (κ1) is 16.9. The second-order valence-corrected chi connectivity index (χ2v) is 7.09. The largest absolute Gasteiger partial charge is 0.314 e. The van der Waals surface area contributed by atoms with Gasteiger partial charge in [-0.15, -0.1) is 11.8 Å². The third-order valence-electron chi connectivity index (χ3n) is 4.52. The van der Waals surface area contributed by atoms with E-state index in [-0.39, 0.29) is 0 Å². The lowest BCUT2D eigenvalue weighted by Gasteiger charge is -2.21. The van der Waals surface area contributed by atoms with E-state index in [2.05, 4.69) is 55.3 Å². The van der Waals surface area contributed by atoms with Gasteiger partial charge in [0.2, 0.25) is 0 Å². The van der Waals surface area contributed by atoms with Gasteiger partial charge in [0.1, 0.15) is 0 Å². The molecule has 0 fully saturated rings. The molecule has 0 spiro atoms. The van der Waals surface area contributed by atoms with Crippen molar-refractivity contribution >= 4 is 11.8 Å². The summed E-state index contributed by atoms with van der Waals surface area (Å²) in [6.45, 7) is 11.5. The average Bonchev–Trinajstić information content (AvgIpc) is 2.93. The van der Waals surface area contributed by atoms with Crippen molar-refractivity contribution < 1.29 is 0 Å². The molecule has 1 heterocycles. The van der Waals surface area contributed by atoms with Crippen LogP contribution in [0.5, 0.6) is 0 Å². The Morgan fingerprint density at radius 1 is 1.29 bits per heavy atom. The van der Waals surface area contributed by atoms with Gasteiger partial charge in [0.15, 0.2) is 0 Å². The monoisotopic (exact) mass is 306 g/mol. The lowest BCUT2D eigenvalue weighted by molar-refractivity contribution is 0.290. The van der Waals surface area contributed by atoms with Crippen LogP contribution in [-0.4, -0.2) is 42.9 Å². The molecule has 2 rings (SSSR count). The summed E-state index contributed by atoms with van der Waals surface area (Å²) in [6, 6.07) is 9.50. The number of rotatable bonds is 9. The normalized spacial score (nSPS) is 19.0.